The number of nitrogens with one attached hydrogen (secondary N) is 1. The summed E-state index contributed by atoms with van der Waals surface area (Å²) in [5, 5.41) is 2.90. The second-order valence-electron chi connectivity index (χ2n) is 4.94. The van der Waals surface area contributed by atoms with E-state index in [4.69, 9.17) is 4.74 Å². The van der Waals surface area contributed by atoms with Crippen LogP contribution in [0.5, 0.6) is 11.5 Å². The van der Waals surface area contributed by atoms with Crippen LogP contribution in [0.4, 0.5) is 5.69 Å². The lowest BCUT2D eigenvalue weighted by molar-refractivity contribution is -0.116. The number of ether oxygens (including phenoxy) is 1. The number of unbranched alkanes of at least 4 members (excludes halogenated alkanes) is 2. The van der Waals surface area contributed by atoms with Gasteiger partial charge < -0.3 is 10.1 Å². The van der Waals surface area contributed by atoms with Crippen LogP contribution in [0.3, 0.4) is 0 Å². The van der Waals surface area contributed by atoms with Gasteiger partial charge >= 0.3 is 0 Å². The monoisotopic (exact) mass is 283 g/mol. The van der Waals surface area contributed by atoms with E-state index < -0.39 is 0 Å². The SMILES string of the molecule is CCCCCC(=O)Nc1ccc(Oc2ccccc2)cc1. The summed E-state index contributed by atoms with van der Waals surface area (Å²) in [5.74, 6) is 1.62. The smallest absolute Gasteiger partial charge is 0.224 e. The Bertz CT molecular complexity index is 549. The second-order valence-corrected chi connectivity index (χ2v) is 4.94. The molecule has 2 aromatic rings. The van der Waals surface area contributed by atoms with E-state index in [0.29, 0.717) is 6.42 Å². The van der Waals surface area contributed by atoms with E-state index in [2.05, 4.69) is 12.2 Å². The Hall–Kier alpha value is -2.29. The van der Waals surface area contributed by atoms with Crippen LogP contribution < -0.4 is 10.1 Å². The van der Waals surface area contributed by atoms with Gasteiger partial charge in [-0.25, -0.2) is 0 Å². The fourth-order valence-electron chi connectivity index (χ4n) is 1.99. The van der Waals surface area contributed by atoms with Crippen LogP contribution >= 0.6 is 0 Å². The van der Waals surface area contributed by atoms with E-state index >= 15 is 0 Å². The van der Waals surface area contributed by atoms with Crippen LogP contribution in [0, 0.1) is 0 Å². The van der Waals surface area contributed by atoms with Gasteiger partial charge in [0.25, 0.3) is 0 Å². The highest BCUT2D eigenvalue weighted by Crippen LogP contribution is 2.22. The molecular weight excluding hydrogens is 262 g/mol. The highest BCUT2D eigenvalue weighted by atomic mass is 16.5. The number of hydrogen-bond acceptors (Lipinski definition) is 2. The number of amides is 1. The molecule has 2 rings (SSSR count). The average Bonchev–Trinajstić information content (AvgIpc) is 2.51. The molecule has 3 heteroatoms. The minimum atomic E-state index is 0.0696. The first-order valence-corrected chi connectivity index (χ1v) is 7.41. The molecule has 0 aliphatic heterocycles. The molecule has 2 aromatic carbocycles. The van der Waals surface area contributed by atoms with Crippen LogP contribution in [-0.2, 0) is 4.79 Å². The first kappa shape index (κ1) is 15.1. The van der Waals surface area contributed by atoms with Gasteiger partial charge in [-0.15, -0.1) is 0 Å². The van der Waals surface area contributed by atoms with Crippen molar-refractivity contribution >= 4 is 11.6 Å². The maximum Gasteiger partial charge on any atom is 0.224 e. The third kappa shape index (κ3) is 5.30. The number of carbonyl (C=O) groups is 1. The summed E-state index contributed by atoms with van der Waals surface area (Å²) in [7, 11) is 0. The van der Waals surface area contributed by atoms with Gasteiger partial charge in [0.05, 0.1) is 0 Å². The quantitative estimate of drug-likeness (QED) is 0.726. The van der Waals surface area contributed by atoms with Gasteiger partial charge in [0.2, 0.25) is 5.91 Å². The van der Waals surface area contributed by atoms with Gasteiger partial charge in [0.1, 0.15) is 11.5 Å². The number of benzene rings is 2. The molecule has 21 heavy (non-hydrogen) atoms. The molecule has 0 bridgehead atoms. The third-order valence-corrected chi connectivity index (χ3v) is 3.12. The van der Waals surface area contributed by atoms with Crippen molar-refractivity contribution in [1.29, 1.82) is 0 Å². The van der Waals surface area contributed by atoms with Gasteiger partial charge in [-0.05, 0) is 42.8 Å². The van der Waals surface area contributed by atoms with Crippen molar-refractivity contribution in [3.05, 3.63) is 54.6 Å². The van der Waals surface area contributed by atoms with E-state index in [1.807, 2.05) is 54.6 Å². The highest BCUT2D eigenvalue weighted by molar-refractivity contribution is 5.90. The summed E-state index contributed by atoms with van der Waals surface area (Å²) >= 11 is 0. The summed E-state index contributed by atoms with van der Waals surface area (Å²) in [6.45, 7) is 2.13. The molecule has 0 aromatic heterocycles. The Morgan fingerprint density at radius 1 is 0.952 bits per heavy atom. The first-order chi connectivity index (χ1) is 10.3. The molecule has 0 aliphatic rings. The van der Waals surface area contributed by atoms with E-state index in [1.54, 1.807) is 0 Å². The van der Waals surface area contributed by atoms with Crippen molar-refractivity contribution < 1.29 is 9.53 Å². The lowest BCUT2D eigenvalue weighted by atomic mass is 10.2. The minimum Gasteiger partial charge on any atom is -0.457 e. The summed E-state index contributed by atoms with van der Waals surface area (Å²) in [5.41, 5.74) is 0.803. The fourth-order valence-corrected chi connectivity index (χ4v) is 1.99. The van der Waals surface area contributed by atoms with Crippen molar-refractivity contribution in [1.82, 2.24) is 0 Å². The zero-order valence-electron chi connectivity index (χ0n) is 12.3. The van der Waals surface area contributed by atoms with Crippen molar-refractivity contribution in [2.45, 2.75) is 32.6 Å². The molecule has 0 atom stereocenters. The Morgan fingerprint density at radius 3 is 2.29 bits per heavy atom. The number of rotatable bonds is 7. The molecule has 1 amide bonds. The standard InChI is InChI=1S/C18H21NO2/c1-2-3-5-10-18(20)19-15-11-13-17(14-12-15)21-16-8-6-4-7-9-16/h4,6-9,11-14H,2-3,5,10H2,1H3,(H,19,20). The molecule has 3 nitrogen and oxygen atoms in total. The molecule has 1 N–H and O–H groups in total. The van der Waals surface area contributed by atoms with Gasteiger partial charge in [-0.3, -0.25) is 4.79 Å². The van der Waals surface area contributed by atoms with Crippen molar-refractivity contribution in [2.24, 2.45) is 0 Å². The normalized spacial score (nSPS) is 10.1. The first-order valence-electron chi connectivity index (χ1n) is 7.41. The Balaban J connectivity index is 1.85. The number of hydrogen-bond donors (Lipinski definition) is 1. The Labute approximate surface area is 126 Å². The van der Waals surface area contributed by atoms with E-state index in [9.17, 15) is 4.79 Å². The third-order valence-electron chi connectivity index (χ3n) is 3.12. The van der Waals surface area contributed by atoms with Gasteiger partial charge in [0, 0.05) is 12.1 Å². The molecular formula is C18H21NO2. The topological polar surface area (TPSA) is 38.3 Å². The average molecular weight is 283 g/mol. The van der Waals surface area contributed by atoms with E-state index in [1.165, 1.54) is 0 Å². The molecule has 0 spiro atoms. The summed E-state index contributed by atoms with van der Waals surface area (Å²) < 4.78 is 5.71. The van der Waals surface area contributed by atoms with Gasteiger partial charge in [0.15, 0.2) is 0 Å². The van der Waals surface area contributed by atoms with Gasteiger partial charge in [-0.1, -0.05) is 38.0 Å². The predicted molar refractivity (Wildman–Crippen MR) is 85.7 cm³/mol. The van der Waals surface area contributed by atoms with Crippen LogP contribution in [0.1, 0.15) is 32.6 Å². The lowest BCUT2D eigenvalue weighted by Crippen LogP contribution is -2.10. The molecule has 0 unspecified atom stereocenters. The van der Waals surface area contributed by atoms with E-state index in [0.717, 1.165) is 36.4 Å². The second kappa shape index (κ2) is 8.10. The Kier molecular flexibility index (Phi) is 5.83. The molecule has 0 radical (unpaired) electrons. The minimum absolute atomic E-state index is 0.0696. The summed E-state index contributed by atoms with van der Waals surface area (Å²) in [6.07, 6.45) is 3.74. The molecule has 0 heterocycles. The highest BCUT2D eigenvalue weighted by Gasteiger charge is 2.02. The zero-order valence-corrected chi connectivity index (χ0v) is 12.3. The lowest BCUT2D eigenvalue weighted by Gasteiger charge is -2.08. The summed E-state index contributed by atoms with van der Waals surface area (Å²) in [4.78, 5) is 11.7. The number of para-hydroxylation sites is 1. The maximum atomic E-state index is 11.7. The summed E-state index contributed by atoms with van der Waals surface area (Å²) in [6, 6.07) is 17.0. The van der Waals surface area contributed by atoms with Crippen molar-refractivity contribution in [2.75, 3.05) is 5.32 Å². The van der Waals surface area contributed by atoms with Crippen LogP contribution in [-0.4, -0.2) is 5.91 Å². The van der Waals surface area contributed by atoms with Gasteiger partial charge in [-0.2, -0.15) is 0 Å². The van der Waals surface area contributed by atoms with Crippen molar-refractivity contribution in [3.8, 4) is 11.5 Å². The largest absolute Gasteiger partial charge is 0.457 e. The number of anilines is 1. The zero-order chi connectivity index (χ0) is 14.9. The van der Waals surface area contributed by atoms with Crippen LogP contribution in [0.2, 0.25) is 0 Å². The molecule has 110 valence electrons. The van der Waals surface area contributed by atoms with E-state index in [-0.39, 0.29) is 5.91 Å². The predicted octanol–water partition coefficient (Wildman–Crippen LogP) is 5.00. The molecule has 0 saturated heterocycles. The fraction of sp³-hybridized carbons (Fsp3) is 0.278. The van der Waals surface area contributed by atoms with Crippen LogP contribution in [0.25, 0.3) is 0 Å². The molecule has 0 saturated carbocycles. The Morgan fingerprint density at radius 2 is 1.62 bits per heavy atom. The maximum absolute atomic E-state index is 11.7. The number of carbonyl (C=O) groups excluding carboxylic acids is 1. The van der Waals surface area contributed by atoms with Crippen molar-refractivity contribution in [3.63, 3.8) is 0 Å². The molecule has 0 fully saturated rings. The molecule has 0 aliphatic carbocycles. The van der Waals surface area contributed by atoms with Crippen LogP contribution in [0.15, 0.2) is 54.6 Å².